The number of aliphatic carboxylic acids is 1. The quantitative estimate of drug-likeness (QED) is 0.367. The van der Waals surface area contributed by atoms with Crippen LogP contribution < -0.4 is 10.5 Å². The zero-order valence-corrected chi connectivity index (χ0v) is 20.0. The Morgan fingerprint density at radius 2 is 1.94 bits per heavy atom. The number of carboxylic acids is 1. The van der Waals surface area contributed by atoms with E-state index in [0.717, 1.165) is 5.56 Å². The topological polar surface area (TPSA) is 90.4 Å². The highest BCUT2D eigenvalue weighted by atomic mass is 19.1. The molecule has 0 aliphatic carbocycles. The maximum atomic E-state index is 15.3. The minimum atomic E-state index is -0.940. The summed E-state index contributed by atoms with van der Waals surface area (Å²) in [6.07, 6.45) is 1.66. The van der Waals surface area contributed by atoms with E-state index in [-0.39, 0.29) is 18.8 Å². The number of para-hydroxylation sites is 1. The van der Waals surface area contributed by atoms with E-state index in [2.05, 4.69) is 16.9 Å². The monoisotopic (exact) mass is 483 g/mol. The summed E-state index contributed by atoms with van der Waals surface area (Å²) in [5.41, 5.74) is 10.1. The Balaban J connectivity index is 1.72. The van der Waals surface area contributed by atoms with Crippen molar-refractivity contribution in [3.8, 4) is 28.7 Å². The molecule has 3 aromatic carbocycles. The fourth-order valence-corrected chi connectivity index (χ4v) is 3.86. The molecule has 1 atom stereocenters. The van der Waals surface area contributed by atoms with Crippen LogP contribution in [-0.4, -0.2) is 20.9 Å². The minimum Gasteiger partial charge on any atom is -0.489 e. The number of halogens is 1. The predicted octanol–water partition coefficient (Wildman–Crippen LogP) is 4.85. The second-order valence-electron chi connectivity index (χ2n) is 8.51. The molecule has 0 bridgehead atoms. The molecule has 0 amide bonds. The fraction of sp³-hybridized carbons (Fsp3) is 0.172. The average Bonchev–Trinajstić information content (AvgIpc) is 3.27. The molecule has 1 aromatic heterocycles. The lowest BCUT2D eigenvalue weighted by Crippen LogP contribution is -2.08. The highest BCUT2D eigenvalue weighted by molar-refractivity contribution is 5.71. The van der Waals surface area contributed by atoms with Crippen LogP contribution in [0.4, 0.5) is 4.39 Å². The number of benzene rings is 3. The van der Waals surface area contributed by atoms with Crippen molar-refractivity contribution in [3.63, 3.8) is 0 Å². The fourth-order valence-electron chi connectivity index (χ4n) is 3.86. The largest absolute Gasteiger partial charge is 0.489 e. The number of nitrogens with two attached hydrogens (primary N) is 1. The minimum absolute atomic E-state index is 0.147. The van der Waals surface area contributed by atoms with Crippen LogP contribution in [0, 0.1) is 17.7 Å². The third-order valence-electron chi connectivity index (χ3n) is 5.58. The normalized spacial score (nSPS) is 11.4. The Morgan fingerprint density at radius 3 is 2.67 bits per heavy atom. The summed E-state index contributed by atoms with van der Waals surface area (Å²) in [4.78, 5) is 11.2. The molecule has 4 aromatic rings. The van der Waals surface area contributed by atoms with Crippen LogP contribution in [0.25, 0.3) is 11.1 Å². The SMILES string of the molecule is CC(N)c1cccc(-c2cc(C#Cc3ccn(C)n3)cc(COc3ccccc3CC(=O)O)c2)c1F. The third kappa shape index (κ3) is 5.98. The van der Waals surface area contributed by atoms with Crippen molar-refractivity contribution in [3.05, 3.63) is 107 Å². The van der Waals surface area contributed by atoms with E-state index in [0.29, 0.717) is 39.3 Å². The Labute approximate surface area is 209 Å². The molecule has 0 radical (unpaired) electrons. The number of hydrogen-bond donors (Lipinski definition) is 2. The molecule has 4 rings (SSSR count). The van der Waals surface area contributed by atoms with Gasteiger partial charge in [0.05, 0.1) is 6.42 Å². The van der Waals surface area contributed by atoms with Gasteiger partial charge in [0.15, 0.2) is 0 Å². The summed E-state index contributed by atoms with van der Waals surface area (Å²) in [7, 11) is 1.82. The van der Waals surface area contributed by atoms with Gasteiger partial charge >= 0.3 is 5.97 Å². The van der Waals surface area contributed by atoms with E-state index in [1.165, 1.54) is 0 Å². The molecule has 1 unspecified atom stereocenters. The first-order valence-corrected chi connectivity index (χ1v) is 11.4. The summed E-state index contributed by atoms with van der Waals surface area (Å²) in [5.74, 6) is 5.31. The smallest absolute Gasteiger partial charge is 0.307 e. The number of ether oxygens (including phenoxy) is 1. The lowest BCUT2D eigenvalue weighted by Gasteiger charge is -2.14. The van der Waals surface area contributed by atoms with Gasteiger partial charge in [-0.1, -0.05) is 42.3 Å². The average molecular weight is 484 g/mol. The van der Waals surface area contributed by atoms with Gasteiger partial charge in [-0.25, -0.2) is 4.39 Å². The molecule has 0 saturated carbocycles. The van der Waals surface area contributed by atoms with Crippen molar-refractivity contribution in [2.75, 3.05) is 0 Å². The molecule has 1 heterocycles. The molecule has 36 heavy (non-hydrogen) atoms. The van der Waals surface area contributed by atoms with Crippen molar-refractivity contribution in [1.82, 2.24) is 9.78 Å². The molecule has 0 aliphatic rings. The maximum Gasteiger partial charge on any atom is 0.307 e. The van der Waals surface area contributed by atoms with Gasteiger partial charge < -0.3 is 15.6 Å². The van der Waals surface area contributed by atoms with E-state index in [9.17, 15) is 9.90 Å². The summed E-state index contributed by atoms with van der Waals surface area (Å²) in [5, 5.41) is 13.5. The van der Waals surface area contributed by atoms with Crippen LogP contribution in [0.3, 0.4) is 0 Å². The number of nitrogens with zero attached hydrogens (tertiary/aromatic N) is 2. The van der Waals surface area contributed by atoms with E-state index in [1.54, 1.807) is 54.1 Å². The van der Waals surface area contributed by atoms with Crippen LogP contribution in [0.15, 0.2) is 72.9 Å². The van der Waals surface area contributed by atoms with Gasteiger partial charge in [0.2, 0.25) is 0 Å². The number of aromatic nitrogens is 2. The molecular formula is C29H26FN3O3. The van der Waals surface area contributed by atoms with Gasteiger partial charge in [0.1, 0.15) is 23.9 Å². The van der Waals surface area contributed by atoms with Gasteiger partial charge in [-0.05, 0) is 54.3 Å². The molecule has 7 heteroatoms. The van der Waals surface area contributed by atoms with Crippen LogP contribution in [-0.2, 0) is 24.9 Å². The van der Waals surface area contributed by atoms with Gasteiger partial charge in [-0.15, -0.1) is 0 Å². The first kappa shape index (κ1) is 24.7. The van der Waals surface area contributed by atoms with Gasteiger partial charge in [0.25, 0.3) is 0 Å². The van der Waals surface area contributed by atoms with Crippen molar-refractivity contribution < 1.29 is 19.0 Å². The van der Waals surface area contributed by atoms with E-state index >= 15 is 4.39 Å². The van der Waals surface area contributed by atoms with E-state index in [1.807, 2.05) is 37.5 Å². The summed E-state index contributed by atoms with van der Waals surface area (Å²) in [6.45, 7) is 1.89. The molecule has 0 spiro atoms. The molecule has 3 N–H and O–H groups in total. The number of hydrogen-bond acceptors (Lipinski definition) is 4. The Morgan fingerprint density at radius 1 is 1.14 bits per heavy atom. The lowest BCUT2D eigenvalue weighted by atomic mass is 9.96. The summed E-state index contributed by atoms with van der Waals surface area (Å²) < 4.78 is 23.0. The second kappa shape index (κ2) is 10.9. The van der Waals surface area contributed by atoms with Crippen molar-refractivity contribution >= 4 is 5.97 Å². The third-order valence-corrected chi connectivity index (χ3v) is 5.58. The van der Waals surface area contributed by atoms with Crippen molar-refractivity contribution in [1.29, 1.82) is 0 Å². The van der Waals surface area contributed by atoms with Gasteiger partial charge in [-0.2, -0.15) is 5.10 Å². The van der Waals surface area contributed by atoms with E-state index in [4.69, 9.17) is 10.5 Å². The van der Waals surface area contributed by atoms with Gasteiger partial charge in [0, 0.05) is 41.5 Å². The zero-order chi connectivity index (χ0) is 25.7. The highest BCUT2D eigenvalue weighted by Gasteiger charge is 2.14. The summed E-state index contributed by atoms with van der Waals surface area (Å²) >= 11 is 0. The Kier molecular flexibility index (Phi) is 7.47. The molecule has 6 nitrogen and oxygen atoms in total. The molecule has 0 fully saturated rings. The first-order chi connectivity index (χ1) is 17.3. The zero-order valence-electron chi connectivity index (χ0n) is 20.0. The Bertz CT molecular complexity index is 1460. The molecular weight excluding hydrogens is 457 g/mol. The van der Waals surface area contributed by atoms with Gasteiger partial charge in [-0.3, -0.25) is 9.48 Å². The van der Waals surface area contributed by atoms with Crippen LogP contribution in [0.1, 0.15) is 40.9 Å². The maximum absolute atomic E-state index is 15.3. The van der Waals surface area contributed by atoms with Crippen LogP contribution in [0.5, 0.6) is 5.75 Å². The molecule has 182 valence electrons. The van der Waals surface area contributed by atoms with Crippen LogP contribution >= 0.6 is 0 Å². The highest BCUT2D eigenvalue weighted by Crippen LogP contribution is 2.30. The standard InChI is InChI=1S/C29H26FN3O3/c1-19(31)25-7-5-8-26(29(25)30)23-15-20(10-11-24-12-13-33(2)32-24)14-21(16-23)18-36-27-9-4-3-6-22(27)17-28(34)35/h3-9,12-16,19H,17-18,31H2,1-2H3,(H,34,35). The number of carboxylic acid groups (broad SMARTS) is 1. The summed E-state index contributed by atoms with van der Waals surface area (Å²) in [6, 6.07) is 19.1. The second-order valence-corrected chi connectivity index (χ2v) is 8.51. The molecule has 0 aliphatic heterocycles. The van der Waals surface area contributed by atoms with Crippen LogP contribution in [0.2, 0.25) is 0 Å². The number of carbonyl (C=O) groups is 1. The Hall–Kier alpha value is -4.41. The number of aryl methyl sites for hydroxylation is 1. The molecule has 0 saturated heterocycles. The van der Waals surface area contributed by atoms with Crippen molar-refractivity contribution in [2.45, 2.75) is 26.0 Å². The lowest BCUT2D eigenvalue weighted by molar-refractivity contribution is -0.136. The first-order valence-electron chi connectivity index (χ1n) is 11.4. The predicted molar refractivity (Wildman–Crippen MR) is 136 cm³/mol. The van der Waals surface area contributed by atoms with Crippen molar-refractivity contribution in [2.24, 2.45) is 12.8 Å². The number of rotatable bonds is 7. The van der Waals surface area contributed by atoms with E-state index < -0.39 is 12.0 Å².